The van der Waals surface area contributed by atoms with Gasteiger partial charge in [-0.3, -0.25) is 38.4 Å². The van der Waals surface area contributed by atoms with Gasteiger partial charge in [-0.1, -0.05) is 70.2 Å². The van der Waals surface area contributed by atoms with E-state index in [-0.39, 0.29) is 18.6 Å². The average molecular weight is 799 g/mol. The van der Waals surface area contributed by atoms with Crippen molar-refractivity contribution in [3.8, 4) is 5.75 Å². The third-order valence-corrected chi connectivity index (χ3v) is 8.83. The van der Waals surface area contributed by atoms with Crippen LogP contribution in [0.4, 0.5) is 0 Å². The Morgan fingerprint density at radius 3 is 1.79 bits per heavy atom. The van der Waals surface area contributed by atoms with E-state index in [1.165, 1.54) is 19.1 Å². The number of nitrogens with one attached hydrogen (secondary N) is 6. The first-order chi connectivity index (χ1) is 26.7. The number of nitrogens with two attached hydrogens (primary N) is 2. The zero-order valence-electron chi connectivity index (χ0n) is 32.5. The van der Waals surface area contributed by atoms with Crippen molar-refractivity contribution < 1.29 is 53.7 Å². The first-order valence-electron chi connectivity index (χ1n) is 18.2. The Labute approximate surface area is 330 Å². The molecule has 19 nitrogen and oxygen atoms in total. The van der Waals surface area contributed by atoms with Gasteiger partial charge in [0, 0.05) is 6.42 Å². The number of aromatic hydroxyl groups is 1. The van der Waals surface area contributed by atoms with Gasteiger partial charge in [0.2, 0.25) is 41.4 Å². The number of carbonyl (C=O) groups excluding carboxylic acids is 7. The molecule has 6 atom stereocenters. The number of carbonyl (C=O) groups is 8. The van der Waals surface area contributed by atoms with Gasteiger partial charge in [-0.15, -0.1) is 0 Å². The number of hydrogen-bond acceptors (Lipinski definition) is 11. The fraction of sp³-hybridized carbons (Fsp3) is 0.474. The lowest BCUT2D eigenvalue weighted by Gasteiger charge is -2.34. The van der Waals surface area contributed by atoms with E-state index in [0.29, 0.717) is 11.1 Å². The zero-order chi connectivity index (χ0) is 43.0. The summed E-state index contributed by atoms with van der Waals surface area (Å²) >= 11 is 0. The molecule has 312 valence electrons. The molecule has 2 aromatic rings. The normalized spacial score (nSPS) is 14.8. The Morgan fingerprint density at radius 1 is 0.702 bits per heavy atom. The summed E-state index contributed by atoms with van der Waals surface area (Å²) in [6.07, 6.45) is -1.27. The molecule has 0 saturated heterocycles. The Balaban J connectivity index is 2.35. The largest absolute Gasteiger partial charge is 0.508 e. The zero-order valence-corrected chi connectivity index (χ0v) is 32.5. The molecular formula is C38H54N8O11. The van der Waals surface area contributed by atoms with Crippen LogP contribution in [0.25, 0.3) is 0 Å². The van der Waals surface area contributed by atoms with E-state index < -0.39 is 114 Å². The Morgan fingerprint density at radius 2 is 1.26 bits per heavy atom. The fourth-order valence-corrected chi connectivity index (χ4v) is 5.53. The van der Waals surface area contributed by atoms with Crippen molar-refractivity contribution in [3.63, 3.8) is 0 Å². The number of rotatable bonds is 22. The van der Waals surface area contributed by atoms with Crippen LogP contribution in [0.1, 0.15) is 52.2 Å². The maximum atomic E-state index is 14.1. The summed E-state index contributed by atoms with van der Waals surface area (Å²) in [5.41, 5.74) is 10.0. The maximum Gasteiger partial charge on any atom is 0.305 e. The number of aliphatic carboxylic acids is 1. The highest BCUT2D eigenvalue weighted by Crippen LogP contribution is 2.17. The van der Waals surface area contributed by atoms with Crippen molar-refractivity contribution in [2.45, 2.75) is 89.6 Å². The van der Waals surface area contributed by atoms with Crippen LogP contribution in [-0.2, 0) is 51.2 Å². The van der Waals surface area contributed by atoms with Crippen LogP contribution in [0, 0.1) is 11.8 Å². The van der Waals surface area contributed by atoms with Crippen molar-refractivity contribution in [1.29, 1.82) is 0 Å². The lowest BCUT2D eigenvalue weighted by molar-refractivity contribution is -0.143. The highest BCUT2D eigenvalue weighted by molar-refractivity contribution is 5.99. The van der Waals surface area contributed by atoms with Gasteiger partial charge in [-0.2, -0.15) is 0 Å². The highest BCUT2D eigenvalue weighted by atomic mass is 16.4. The van der Waals surface area contributed by atoms with Crippen molar-refractivity contribution >= 4 is 47.3 Å². The lowest BCUT2D eigenvalue weighted by Crippen LogP contribution is -2.67. The second kappa shape index (κ2) is 21.9. The predicted molar refractivity (Wildman–Crippen MR) is 205 cm³/mol. The van der Waals surface area contributed by atoms with Crippen molar-refractivity contribution in [1.82, 2.24) is 31.9 Å². The molecule has 0 spiro atoms. The third kappa shape index (κ3) is 14.8. The molecule has 0 bridgehead atoms. The van der Waals surface area contributed by atoms with E-state index in [4.69, 9.17) is 11.5 Å². The smallest absolute Gasteiger partial charge is 0.305 e. The van der Waals surface area contributed by atoms with E-state index in [2.05, 4.69) is 31.9 Å². The number of aliphatic hydroxyl groups is 1. The molecule has 7 amide bonds. The van der Waals surface area contributed by atoms with Gasteiger partial charge in [-0.05, 0) is 48.4 Å². The number of phenolic OH excluding ortho intramolecular Hbond substituents is 1. The summed E-state index contributed by atoms with van der Waals surface area (Å²) in [6, 6.07) is 7.38. The minimum atomic E-state index is -2.22. The number of phenols is 1. The molecule has 0 aromatic heterocycles. The molecule has 0 unspecified atom stereocenters. The van der Waals surface area contributed by atoms with E-state index >= 15 is 0 Å². The van der Waals surface area contributed by atoms with Gasteiger partial charge >= 0.3 is 5.97 Å². The van der Waals surface area contributed by atoms with Crippen LogP contribution in [0.5, 0.6) is 5.75 Å². The topological polar surface area (TPSA) is 321 Å². The maximum absolute atomic E-state index is 14.1. The Bertz CT molecular complexity index is 1740. The summed E-state index contributed by atoms with van der Waals surface area (Å²) in [4.78, 5) is 104. The first-order valence-corrected chi connectivity index (χ1v) is 18.2. The molecule has 2 aromatic carbocycles. The monoisotopic (exact) mass is 798 g/mol. The van der Waals surface area contributed by atoms with Crippen LogP contribution >= 0.6 is 0 Å². The second-order valence-corrected chi connectivity index (χ2v) is 14.4. The number of carboxylic acids is 1. The van der Waals surface area contributed by atoms with Gasteiger partial charge in [0.25, 0.3) is 0 Å². The minimum absolute atomic E-state index is 0.0222. The quantitative estimate of drug-likeness (QED) is 0.0599. The van der Waals surface area contributed by atoms with Crippen LogP contribution < -0.4 is 43.4 Å². The molecule has 0 radical (unpaired) electrons. The highest BCUT2D eigenvalue weighted by Gasteiger charge is 2.43. The molecule has 0 aliphatic rings. The van der Waals surface area contributed by atoms with E-state index in [1.807, 2.05) is 0 Å². The lowest BCUT2D eigenvalue weighted by atomic mass is 9.89. The number of primary amides is 1. The standard InChI is InChI=1S/C38H54N8O11/c1-20(2)30(35(55)41-18-28(40)49)45-36(56)31(21(3)4)44-34(54)27(16-29(50)51)43-37(57)38(19-47,17-24-9-7-6-8-10-24)46-32(52)22(5)42-33(53)26(39)15-23-11-13-25(48)14-12-23/h6-14,20-22,26-27,30-31,47-48H,15-19,39H2,1-5H3,(H2,40,49)(H,41,55)(H,42,53)(H,43,57)(H,44,54)(H,45,56)(H,46,52)(H,50,51)/t22-,26+,27+,30+,31+,38-/m1/s1. The van der Waals surface area contributed by atoms with Gasteiger partial charge in [-0.25, -0.2) is 0 Å². The predicted octanol–water partition coefficient (Wildman–Crippen LogP) is -2.30. The molecule has 0 heterocycles. The van der Waals surface area contributed by atoms with Gasteiger partial charge in [0.05, 0.1) is 25.6 Å². The average Bonchev–Trinajstić information content (AvgIpc) is 3.14. The molecule has 2 rings (SSSR count). The molecule has 0 aliphatic heterocycles. The van der Waals surface area contributed by atoms with E-state index in [0.717, 1.165) is 0 Å². The molecule has 0 saturated carbocycles. The SMILES string of the molecule is CC(C)[C@H](NC(=O)[C@H](CC(=O)O)NC(=O)[C@](CO)(Cc1ccccc1)NC(=O)[C@@H](C)NC(=O)[C@@H](N)Cc1ccc(O)cc1)C(=O)N[C@H](C(=O)NCC(N)=O)C(C)C. The molecule has 57 heavy (non-hydrogen) atoms. The summed E-state index contributed by atoms with van der Waals surface area (Å²) < 4.78 is 0. The van der Waals surface area contributed by atoms with Crippen molar-refractivity contribution in [2.75, 3.05) is 13.2 Å². The van der Waals surface area contributed by atoms with Gasteiger partial charge in [0.15, 0.2) is 0 Å². The van der Waals surface area contributed by atoms with Crippen molar-refractivity contribution in [2.24, 2.45) is 23.3 Å². The summed E-state index contributed by atoms with van der Waals surface area (Å²) in [7, 11) is 0. The van der Waals surface area contributed by atoms with Gasteiger partial charge in [0.1, 0.15) is 35.5 Å². The fourth-order valence-electron chi connectivity index (χ4n) is 5.53. The number of benzene rings is 2. The second-order valence-electron chi connectivity index (χ2n) is 14.4. The van der Waals surface area contributed by atoms with Crippen LogP contribution in [0.3, 0.4) is 0 Å². The van der Waals surface area contributed by atoms with E-state index in [9.17, 15) is 53.7 Å². The number of carboxylic acid groups (broad SMARTS) is 1. The number of aliphatic hydroxyl groups excluding tert-OH is 1. The molecule has 19 heteroatoms. The summed E-state index contributed by atoms with van der Waals surface area (Å²) in [6.45, 7) is 6.17. The van der Waals surface area contributed by atoms with E-state index in [1.54, 1.807) is 70.2 Å². The van der Waals surface area contributed by atoms with Crippen LogP contribution in [0.15, 0.2) is 54.6 Å². The molecule has 13 N–H and O–H groups in total. The molecule has 0 aliphatic carbocycles. The molecular weight excluding hydrogens is 744 g/mol. The summed E-state index contributed by atoms with van der Waals surface area (Å²) in [5, 5.41) is 44.5. The van der Waals surface area contributed by atoms with Crippen LogP contribution in [-0.4, -0.2) is 112 Å². The van der Waals surface area contributed by atoms with Gasteiger partial charge < -0.3 is 58.7 Å². The Kier molecular flexibility index (Phi) is 18.1. The third-order valence-electron chi connectivity index (χ3n) is 8.83. The van der Waals surface area contributed by atoms with Crippen LogP contribution in [0.2, 0.25) is 0 Å². The first kappa shape index (κ1) is 47.1. The Hall–Kier alpha value is -6.08. The molecule has 0 fully saturated rings. The summed E-state index contributed by atoms with van der Waals surface area (Å²) in [5.74, 6) is -8.89. The van der Waals surface area contributed by atoms with Crippen molar-refractivity contribution in [3.05, 3.63) is 65.7 Å². The minimum Gasteiger partial charge on any atom is -0.508 e. The number of hydrogen-bond donors (Lipinski definition) is 11. The number of amides is 7.